The summed E-state index contributed by atoms with van der Waals surface area (Å²) < 4.78 is 12.9. The monoisotopic (exact) mass is 196 g/mol. The number of rotatable bonds is 3. The van der Waals surface area contributed by atoms with E-state index in [1.807, 2.05) is 32.0 Å². The van der Waals surface area contributed by atoms with Gasteiger partial charge in [-0.05, 0) is 44.3 Å². The summed E-state index contributed by atoms with van der Waals surface area (Å²) in [5, 5.41) is 0. The van der Waals surface area contributed by atoms with Crippen molar-refractivity contribution >= 4 is 0 Å². The van der Waals surface area contributed by atoms with Gasteiger partial charge < -0.3 is 10.6 Å². The zero-order valence-corrected chi connectivity index (χ0v) is 8.92. The van der Waals surface area contributed by atoms with Gasteiger partial charge in [-0.1, -0.05) is 6.07 Å². The number of hydrogen-bond acceptors (Lipinski definition) is 2. The van der Waals surface area contributed by atoms with E-state index >= 15 is 0 Å². The maximum absolute atomic E-state index is 12.9. The summed E-state index contributed by atoms with van der Waals surface area (Å²) in [5.41, 5.74) is 7.73. The highest BCUT2D eigenvalue weighted by Gasteiger charge is 2.14. The van der Waals surface area contributed by atoms with Crippen LogP contribution in [0.2, 0.25) is 0 Å². The number of hydrogen-bond donors (Lipinski definition) is 1. The molecule has 0 saturated heterocycles. The minimum Gasteiger partial charge on any atom is -0.329 e. The van der Waals surface area contributed by atoms with E-state index in [1.165, 1.54) is 6.07 Å². The van der Waals surface area contributed by atoms with E-state index in [4.69, 9.17) is 5.73 Å². The Kier molecular flexibility index (Phi) is 3.61. The molecule has 14 heavy (non-hydrogen) atoms. The van der Waals surface area contributed by atoms with Crippen LogP contribution in [0.25, 0.3) is 0 Å². The number of halogens is 1. The van der Waals surface area contributed by atoms with Gasteiger partial charge in [0.15, 0.2) is 0 Å². The van der Waals surface area contributed by atoms with Crippen molar-refractivity contribution in [2.24, 2.45) is 5.73 Å². The van der Waals surface area contributed by atoms with Gasteiger partial charge in [0.2, 0.25) is 0 Å². The molecule has 3 heteroatoms. The Morgan fingerprint density at radius 1 is 1.43 bits per heavy atom. The maximum Gasteiger partial charge on any atom is 0.123 e. The summed E-state index contributed by atoms with van der Waals surface area (Å²) in [4.78, 5) is 2.04. The topological polar surface area (TPSA) is 29.3 Å². The highest BCUT2D eigenvalue weighted by Crippen LogP contribution is 2.21. The van der Waals surface area contributed by atoms with Gasteiger partial charge in [0.25, 0.3) is 0 Å². The van der Waals surface area contributed by atoms with Crippen molar-refractivity contribution in [1.29, 1.82) is 0 Å². The second-order valence-corrected chi connectivity index (χ2v) is 3.72. The normalized spacial score (nSPS) is 13.3. The molecule has 0 bridgehead atoms. The van der Waals surface area contributed by atoms with Gasteiger partial charge in [-0.25, -0.2) is 4.39 Å². The molecule has 1 aromatic rings. The fourth-order valence-corrected chi connectivity index (χ4v) is 1.63. The van der Waals surface area contributed by atoms with Crippen molar-refractivity contribution in [1.82, 2.24) is 4.90 Å². The lowest BCUT2D eigenvalue weighted by atomic mass is 10.0. The van der Waals surface area contributed by atoms with Gasteiger partial charge in [-0.3, -0.25) is 0 Å². The molecule has 0 radical (unpaired) electrons. The molecular weight excluding hydrogens is 179 g/mol. The van der Waals surface area contributed by atoms with Crippen LogP contribution in [0, 0.1) is 12.7 Å². The molecule has 1 rings (SSSR count). The highest BCUT2D eigenvalue weighted by atomic mass is 19.1. The smallest absolute Gasteiger partial charge is 0.123 e. The summed E-state index contributed by atoms with van der Waals surface area (Å²) >= 11 is 0. The second kappa shape index (κ2) is 4.53. The molecule has 1 atom stereocenters. The Labute approximate surface area is 84.5 Å². The minimum atomic E-state index is -0.194. The summed E-state index contributed by atoms with van der Waals surface area (Å²) in [6.45, 7) is 2.45. The first-order chi connectivity index (χ1) is 6.56. The van der Waals surface area contributed by atoms with Gasteiger partial charge in [-0.2, -0.15) is 0 Å². The number of nitrogens with zero attached hydrogens (tertiary/aromatic N) is 1. The molecule has 0 heterocycles. The zero-order chi connectivity index (χ0) is 10.7. The molecule has 0 aromatic heterocycles. The van der Waals surface area contributed by atoms with Crippen LogP contribution in [0.15, 0.2) is 18.2 Å². The third-order valence-corrected chi connectivity index (χ3v) is 2.44. The lowest BCUT2D eigenvalue weighted by Gasteiger charge is -2.24. The third-order valence-electron chi connectivity index (χ3n) is 2.44. The van der Waals surface area contributed by atoms with Gasteiger partial charge in [0.1, 0.15) is 5.82 Å². The molecule has 0 aliphatic heterocycles. The Balaban J connectivity index is 3.04. The van der Waals surface area contributed by atoms with E-state index in [9.17, 15) is 4.39 Å². The van der Waals surface area contributed by atoms with Gasteiger partial charge in [0, 0.05) is 12.6 Å². The molecule has 1 aromatic carbocycles. The molecule has 2 N–H and O–H groups in total. The van der Waals surface area contributed by atoms with Crippen molar-refractivity contribution in [2.45, 2.75) is 13.0 Å². The maximum atomic E-state index is 12.9. The first kappa shape index (κ1) is 11.1. The number of aryl methyl sites for hydroxylation is 1. The van der Waals surface area contributed by atoms with E-state index in [2.05, 4.69) is 0 Å². The van der Waals surface area contributed by atoms with E-state index in [-0.39, 0.29) is 11.9 Å². The number of likely N-dealkylation sites (N-methyl/N-ethyl adjacent to an activating group) is 1. The van der Waals surface area contributed by atoms with Gasteiger partial charge >= 0.3 is 0 Å². The third kappa shape index (κ3) is 2.30. The molecule has 78 valence electrons. The lowest BCUT2D eigenvalue weighted by molar-refractivity contribution is 0.305. The van der Waals surface area contributed by atoms with Crippen LogP contribution >= 0.6 is 0 Å². The molecule has 0 spiro atoms. The van der Waals surface area contributed by atoms with E-state index in [0.29, 0.717) is 6.54 Å². The van der Waals surface area contributed by atoms with E-state index < -0.39 is 0 Å². The fourth-order valence-electron chi connectivity index (χ4n) is 1.63. The van der Waals surface area contributed by atoms with E-state index in [1.54, 1.807) is 6.07 Å². The average molecular weight is 196 g/mol. The molecule has 0 saturated carbocycles. The molecule has 2 nitrogen and oxygen atoms in total. The van der Waals surface area contributed by atoms with Gasteiger partial charge in [-0.15, -0.1) is 0 Å². The van der Waals surface area contributed by atoms with Crippen molar-refractivity contribution in [3.63, 3.8) is 0 Å². The molecular formula is C11H17FN2. The minimum absolute atomic E-state index is 0.163. The van der Waals surface area contributed by atoms with Crippen LogP contribution in [0.3, 0.4) is 0 Å². The quantitative estimate of drug-likeness (QED) is 0.797. The summed E-state index contributed by atoms with van der Waals surface area (Å²) in [6, 6.07) is 4.99. The Bertz CT molecular complexity index is 310. The summed E-state index contributed by atoms with van der Waals surface area (Å²) in [7, 11) is 3.95. The molecule has 0 aliphatic rings. The zero-order valence-electron chi connectivity index (χ0n) is 8.92. The Hall–Kier alpha value is -0.930. The predicted octanol–water partition coefficient (Wildman–Crippen LogP) is 1.70. The van der Waals surface area contributed by atoms with Gasteiger partial charge in [0.05, 0.1) is 0 Å². The standard InChI is InChI=1S/C11H17FN2/c1-8-6-9(12)4-5-10(8)11(7-13)14(2)3/h4-6,11H,7,13H2,1-3H3. The van der Waals surface area contributed by atoms with Crippen LogP contribution in [-0.2, 0) is 0 Å². The first-order valence-electron chi connectivity index (χ1n) is 4.68. The van der Waals surface area contributed by atoms with E-state index in [0.717, 1.165) is 11.1 Å². The molecule has 0 aliphatic carbocycles. The second-order valence-electron chi connectivity index (χ2n) is 3.72. The highest BCUT2D eigenvalue weighted by molar-refractivity contribution is 5.29. The van der Waals surface area contributed by atoms with Crippen LogP contribution in [-0.4, -0.2) is 25.5 Å². The summed E-state index contributed by atoms with van der Waals surface area (Å²) in [6.07, 6.45) is 0. The largest absolute Gasteiger partial charge is 0.329 e. The fraction of sp³-hybridized carbons (Fsp3) is 0.455. The average Bonchev–Trinajstić information content (AvgIpc) is 2.09. The van der Waals surface area contributed by atoms with Crippen molar-refractivity contribution in [3.8, 4) is 0 Å². The lowest BCUT2D eigenvalue weighted by Crippen LogP contribution is -2.27. The Morgan fingerprint density at radius 3 is 2.50 bits per heavy atom. The summed E-state index contributed by atoms with van der Waals surface area (Å²) in [5.74, 6) is -0.194. The number of benzene rings is 1. The molecule has 1 unspecified atom stereocenters. The van der Waals surface area contributed by atoms with Crippen LogP contribution < -0.4 is 5.73 Å². The van der Waals surface area contributed by atoms with Crippen LogP contribution in [0.1, 0.15) is 17.2 Å². The van der Waals surface area contributed by atoms with Crippen molar-refractivity contribution in [3.05, 3.63) is 35.1 Å². The molecule has 0 fully saturated rings. The Morgan fingerprint density at radius 2 is 2.07 bits per heavy atom. The van der Waals surface area contributed by atoms with Crippen LogP contribution in [0.5, 0.6) is 0 Å². The SMILES string of the molecule is Cc1cc(F)ccc1C(CN)N(C)C. The first-order valence-corrected chi connectivity index (χ1v) is 4.68. The van der Waals surface area contributed by atoms with Crippen molar-refractivity contribution in [2.75, 3.05) is 20.6 Å². The number of nitrogens with two attached hydrogens (primary N) is 1. The molecule has 0 amide bonds. The predicted molar refractivity (Wildman–Crippen MR) is 56.6 cm³/mol. The van der Waals surface area contributed by atoms with Crippen LogP contribution in [0.4, 0.5) is 4.39 Å². The van der Waals surface area contributed by atoms with Crippen molar-refractivity contribution < 1.29 is 4.39 Å².